The van der Waals surface area contributed by atoms with Gasteiger partial charge in [-0.15, -0.1) is 6.58 Å². The Kier molecular flexibility index (Phi) is 7.87. The molecule has 1 rings (SSSR count). The summed E-state index contributed by atoms with van der Waals surface area (Å²) < 4.78 is 11.1. The van der Waals surface area contributed by atoms with Crippen LogP contribution < -0.4 is 14.8 Å². The Bertz CT molecular complexity index is 442. The second-order valence-electron chi connectivity index (χ2n) is 4.88. The van der Waals surface area contributed by atoms with Crippen molar-refractivity contribution in [2.45, 2.75) is 39.3 Å². The van der Waals surface area contributed by atoms with Crippen molar-refractivity contribution in [2.24, 2.45) is 0 Å². The lowest BCUT2D eigenvalue weighted by Crippen LogP contribution is -2.31. The molecule has 0 amide bonds. The summed E-state index contributed by atoms with van der Waals surface area (Å²) in [5, 5.41) is 12.6. The number of rotatable bonds is 10. The first kappa shape index (κ1) is 17.5. The maximum Gasteiger partial charge on any atom is 0.164 e. The molecule has 0 bridgehead atoms. The minimum Gasteiger partial charge on any atom is -0.493 e. The van der Waals surface area contributed by atoms with Crippen LogP contribution in [0.4, 0.5) is 0 Å². The van der Waals surface area contributed by atoms with Crippen molar-refractivity contribution in [2.75, 3.05) is 20.3 Å². The number of hydrogen-bond acceptors (Lipinski definition) is 4. The lowest BCUT2D eigenvalue weighted by Gasteiger charge is -2.18. The van der Waals surface area contributed by atoms with Gasteiger partial charge in [-0.25, -0.2) is 0 Å². The third-order valence-electron chi connectivity index (χ3n) is 3.37. The second kappa shape index (κ2) is 9.42. The summed E-state index contributed by atoms with van der Waals surface area (Å²) in [6, 6.07) is 4.20. The Labute approximate surface area is 127 Å². The molecule has 118 valence electrons. The molecule has 2 N–H and O–H groups in total. The molecular formula is C17H27NO3. The van der Waals surface area contributed by atoms with Gasteiger partial charge in [0, 0.05) is 18.2 Å². The lowest BCUT2D eigenvalue weighted by atomic mass is 10.0. The fourth-order valence-electron chi connectivity index (χ4n) is 2.19. The molecule has 21 heavy (non-hydrogen) atoms. The van der Waals surface area contributed by atoms with Crippen LogP contribution in [-0.2, 0) is 13.0 Å². The fourth-order valence-corrected chi connectivity index (χ4v) is 2.19. The summed E-state index contributed by atoms with van der Waals surface area (Å²) in [5.41, 5.74) is 2.18. The van der Waals surface area contributed by atoms with Crippen LogP contribution in [-0.4, -0.2) is 31.5 Å². The van der Waals surface area contributed by atoms with Crippen molar-refractivity contribution in [1.82, 2.24) is 5.32 Å². The molecule has 1 unspecified atom stereocenters. The topological polar surface area (TPSA) is 50.7 Å². The molecule has 1 aromatic carbocycles. The van der Waals surface area contributed by atoms with E-state index in [0.29, 0.717) is 13.2 Å². The van der Waals surface area contributed by atoms with Gasteiger partial charge in [-0.05, 0) is 31.4 Å². The van der Waals surface area contributed by atoms with E-state index in [1.54, 1.807) is 7.11 Å². The van der Waals surface area contributed by atoms with Crippen LogP contribution in [0.1, 0.15) is 31.4 Å². The van der Waals surface area contributed by atoms with Crippen LogP contribution in [0.15, 0.2) is 24.8 Å². The molecular weight excluding hydrogens is 266 g/mol. The van der Waals surface area contributed by atoms with Gasteiger partial charge in [0.1, 0.15) is 0 Å². The highest BCUT2D eigenvalue weighted by atomic mass is 16.5. The first-order valence-electron chi connectivity index (χ1n) is 7.47. The molecule has 0 aliphatic rings. The Morgan fingerprint density at radius 1 is 1.38 bits per heavy atom. The van der Waals surface area contributed by atoms with Gasteiger partial charge in [0.2, 0.25) is 0 Å². The van der Waals surface area contributed by atoms with Gasteiger partial charge in [0.15, 0.2) is 11.5 Å². The van der Waals surface area contributed by atoms with E-state index >= 15 is 0 Å². The molecule has 0 heterocycles. The van der Waals surface area contributed by atoms with Crippen molar-refractivity contribution in [3.05, 3.63) is 35.9 Å². The molecule has 1 aromatic rings. The minimum absolute atomic E-state index is 0.116. The van der Waals surface area contributed by atoms with Gasteiger partial charge in [0.25, 0.3) is 0 Å². The Morgan fingerprint density at radius 2 is 2.14 bits per heavy atom. The number of methoxy groups -OCH3 is 1. The van der Waals surface area contributed by atoms with E-state index in [9.17, 15) is 5.11 Å². The molecule has 0 aliphatic heterocycles. The summed E-state index contributed by atoms with van der Waals surface area (Å²) >= 11 is 0. The number of allylic oxidation sites excluding steroid dienone is 1. The first-order chi connectivity index (χ1) is 10.2. The van der Waals surface area contributed by atoms with Gasteiger partial charge in [0.05, 0.1) is 20.3 Å². The maximum atomic E-state index is 9.24. The molecule has 0 fully saturated rings. The van der Waals surface area contributed by atoms with Crippen molar-refractivity contribution in [1.29, 1.82) is 0 Å². The molecule has 0 saturated heterocycles. The molecule has 1 atom stereocenters. The van der Waals surface area contributed by atoms with Crippen LogP contribution in [0.5, 0.6) is 11.5 Å². The molecule has 0 saturated carbocycles. The molecule has 0 radical (unpaired) electrons. The van der Waals surface area contributed by atoms with Gasteiger partial charge < -0.3 is 19.9 Å². The number of aliphatic hydroxyl groups excluding tert-OH is 1. The van der Waals surface area contributed by atoms with Crippen molar-refractivity contribution >= 4 is 0 Å². The van der Waals surface area contributed by atoms with Gasteiger partial charge in [-0.2, -0.15) is 0 Å². The molecule has 0 aliphatic carbocycles. The smallest absolute Gasteiger partial charge is 0.164 e. The van der Waals surface area contributed by atoms with E-state index in [4.69, 9.17) is 9.47 Å². The molecule has 4 heteroatoms. The summed E-state index contributed by atoms with van der Waals surface area (Å²) in [6.45, 7) is 9.23. The molecule has 0 spiro atoms. The summed E-state index contributed by atoms with van der Waals surface area (Å²) in [5.74, 6) is 1.53. The predicted octanol–water partition coefficient (Wildman–Crippen LogP) is 2.68. The van der Waals surface area contributed by atoms with Crippen LogP contribution in [0, 0.1) is 0 Å². The van der Waals surface area contributed by atoms with Gasteiger partial charge >= 0.3 is 0 Å². The highest BCUT2D eigenvalue weighted by Crippen LogP contribution is 2.33. The second-order valence-corrected chi connectivity index (χ2v) is 4.88. The summed E-state index contributed by atoms with van der Waals surface area (Å²) in [4.78, 5) is 0. The van der Waals surface area contributed by atoms with Crippen molar-refractivity contribution in [3.8, 4) is 11.5 Å². The van der Waals surface area contributed by atoms with E-state index in [1.165, 1.54) is 0 Å². The van der Waals surface area contributed by atoms with E-state index in [1.807, 2.05) is 19.1 Å². The molecule has 0 aromatic heterocycles. The normalized spacial score (nSPS) is 12.0. The zero-order chi connectivity index (χ0) is 15.7. The number of hydrogen-bond donors (Lipinski definition) is 2. The number of benzene rings is 1. The SMILES string of the molecule is C=CCc1cc(CNC(CC)CO)cc(OC)c1OCC. The van der Waals surface area contributed by atoms with Crippen LogP contribution in [0.25, 0.3) is 0 Å². The minimum atomic E-state index is 0.116. The first-order valence-corrected chi connectivity index (χ1v) is 7.47. The van der Waals surface area contributed by atoms with Crippen molar-refractivity contribution < 1.29 is 14.6 Å². The molecule has 4 nitrogen and oxygen atoms in total. The Hall–Kier alpha value is -1.52. The Morgan fingerprint density at radius 3 is 2.67 bits per heavy atom. The maximum absolute atomic E-state index is 9.24. The van der Waals surface area contributed by atoms with E-state index in [2.05, 4.69) is 24.9 Å². The van der Waals surface area contributed by atoms with Gasteiger partial charge in [-0.3, -0.25) is 0 Å². The van der Waals surface area contributed by atoms with Crippen LogP contribution >= 0.6 is 0 Å². The Balaban J connectivity index is 2.99. The predicted molar refractivity (Wildman–Crippen MR) is 86.1 cm³/mol. The monoisotopic (exact) mass is 293 g/mol. The van der Waals surface area contributed by atoms with E-state index in [0.717, 1.165) is 35.5 Å². The number of nitrogens with one attached hydrogen (secondary N) is 1. The number of aliphatic hydroxyl groups is 1. The van der Waals surface area contributed by atoms with Crippen molar-refractivity contribution in [3.63, 3.8) is 0 Å². The lowest BCUT2D eigenvalue weighted by molar-refractivity contribution is 0.238. The van der Waals surface area contributed by atoms with Gasteiger partial charge in [-0.1, -0.05) is 19.1 Å². The zero-order valence-electron chi connectivity index (χ0n) is 13.3. The third-order valence-corrected chi connectivity index (χ3v) is 3.37. The fraction of sp³-hybridized carbons (Fsp3) is 0.529. The average molecular weight is 293 g/mol. The number of ether oxygens (including phenoxy) is 2. The standard InChI is InChI=1S/C17H27NO3/c1-5-8-14-9-13(11-18-15(6-2)12-19)10-16(20-4)17(14)21-7-3/h5,9-10,15,18-19H,1,6-8,11-12H2,2-4H3. The highest BCUT2D eigenvalue weighted by molar-refractivity contribution is 5.50. The van der Waals surface area contributed by atoms with Crippen LogP contribution in [0.2, 0.25) is 0 Å². The third kappa shape index (κ3) is 5.06. The van der Waals surface area contributed by atoms with E-state index in [-0.39, 0.29) is 12.6 Å². The highest BCUT2D eigenvalue weighted by Gasteiger charge is 2.13. The van der Waals surface area contributed by atoms with E-state index < -0.39 is 0 Å². The summed E-state index contributed by atoms with van der Waals surface area (Å²) in [6.07, 6.45) is 3.48. The average Bonchev–Trinajstić information content (AvgIpc) is 2.50. The zero-order valence-corrected chi connectivity index (χ0v) is 13.3. The quantitative estimate of drug-likeness (QED) is 0.651. The van der Waals surface area contributed by atoms with Crippen LogP contribution in [0.3, 0.4) is 0 Å². The summed E-state index contributed by atoms with van der Waals surface area (Å²) in [7, 11) is 1.65. The largest absolute Gasteiger partial charge is 0.493 e.